The molecule has 0 bridgehead atoms. The third kappa shape index (κ3) is 6.68. The number of hydrogen-bond acceptors (Lipinski definition) is 7. The molecule has 1 N–H and O–H groups in total. The summed E-state index contributed by atoms with van der Waals surface area (Å²) in [6.45, 7) is 3.61. The molecule has 3 aromatic rings. The standard InChI is InChI=1S/C28H29NO7S/c1-18(2)35-27(30)16-26(19-12-14-20(15-13-19)36-37(3,32)33)29-28(31)34-17-25-23-10-6-4-8-21(23)22-9-5-7-11-24(22)25/h4-15,18,25-26H,16-17H2,1-3H3,(H,29,31). The molecule has 194 valence electrons. The average molecular weight is 524 g/mol. The summed E-state index contributed by atoms with van der Waals surface area (Å²) in [7, 11) is -3.68. The number of benzene rings is 3. The van der Waals surface area contributed by atoms with Crippen molar-refractivity contribution in [2.45, 2.75) is 38.3 Å². The van der Waals surface area contributed by atoms with Crippen molar-refractivity contribution in [3.05, 3.63) is 89.5 Å². The summed E-state index contributed by atoms with van der Waals surface area (Å²) in [5, 5.41) is 2.76. The van der Waals surface area contributed by atoms with Crippen LogP contribution in [0, 0.1) is 0 Å². The van der Waals surface area contributed by atoms with Crippen LogP contribution in [-0.4, -0.2) is 39.4 Å². The first kappa shape index (κ1) is 26.2. The van der Waals surface area contributed by atoms with Gasteiger partial charge in [0.05, 0.1) is 24.8 Å². The van der Waals surface area contributed by atoms with Gasteiger partial charge in [0.1, 0.15) is 12.4 Å². The number of hydrogen-bond donors (Lipinski definition) is 1. The lowest BCUT2D eigenvalue weighted by Crippen LogP contribution is -2.32. The molecule has 37 heavy (non-hydrogen) atoms. The molecule has 3 aromatic carbocycles. The number of esters is 1. The van der Waals surface area contributed by atoms with Crippen LogP contribution in [0.3, 0.4) is 0 Å². The second-order valence-corrected chi connectivity index (χ2v) is 10.7. The van der Waals surface area contributed by atoms with Gasteiger partial charge in [-0.1, -0.05) is 60.7 Å². The topological polar surface area (TPSA) is 108 Å². The summed E-state index contributed by atoms with van der Waals surface area (Å²) in [6, 6.07) is 21.4. The fraction of sp³-hybridized carbons (Fsp3) is 0.286. The van der Waals surface area contributed by atoms with Gasteiger partial charge in [0.25, 0.3) is 0 Å². The first-order valence-electron chi connectivity index (χ1n) is 11.9. The number of alkyl carbamates (subject to hydrolysis) is 1. The van der Waals surface area contributed by atoms with Crippen molar-refractivity contribution in [1.82, 2.24) is 5.32 Å². The summed E-state index contributed by atoms with van der Waals surface area (Å²) in [5.74, 6) is -0.471. The fourth-order valence-electron chi connectivity index (χ4n) is 4.44. The maximum atomic E-state index is 12.9. The van der Waals surface area contributed by atoms with E-state index in [1.54, 1.807) is 26.0 Å². The van der Waals surface area contributed by atoms with Crippen molar-refractivity contribution in [2.24, 2.45) is 0 Å². The number of ether oxygens (including phenoxy) is 2. The van der Waals surface area contributed by atoms with Crippen LogP contribution in [0.5, 0.6) is 5.75 Å². The fourth-order valence-corrected chi connectivity index (χ4v) is 4.90. The molecule has 0 saturated heterocycles. The molecule has 1 aliphatic rings. The van der Waals surface area contributed by atoms with E-state index in [2.05, 4.69) is 17.4 Å². The molecule has 1 unspecified atom stereocenters. The molecule has 1 aliphatic carbocycles. The minimum Gasteiger partial charge on any atom is -0.463 e. The Balaban J connectivity index is 1.48. The Hall–Kier alpha value is -3.85. The molecule has 0 heterocycles. The summed E-state index contributed by atoms with van der Waals surface area (Å²) >= 11 is 0. The van der Waals surface area contributed by atoms with E-state index >= 15 is 0 Å². The molecule has 1 amide bonds. The van der Waals surface area contributed by atoms with Crippen LogP contribution in [-0.2, 0) is 24.4 Å². The van der Waals surface area contributed by atoms with E-state index in [9.17, 15) is 18.0 Å². The zero-order valence-corrected chi connectivity index (χ0v) is 21.7. The van der Waals surface area contributed by atoms with Gasteiger partial charge in [-0.2, -0.15) is 8.42 Å². The van der Waals surface area contributed by atoms with E-state index in [1.807, 2.05) is 36.4 Å². The minimum atomic E-state index is -3.68. The second kappa shape index (κ2) is 11.0. The van der Waals surface area contributed by atoms with Crippen LogP contribution in [0.4, 0.5) is 4.79 Å². The Morgan fingerprint density at radius 2 is 1.46 bits per heavy atom. The summed E-state index contributed by atoms with van der Waals surface area (Å²) in [5.41, 5.74) is 5.00. The summed E-state index contributed by atoms with van der Waals surface area (Å²) < 4.78 is 38.6. The highest BCUT2D eigenvalue weighted by Gasteiger charge is 2.29. The van der Waals surface area contributed by atoms with Gasteiger partial charge < -0.3 is 19.0 Å². The van der Waals surface area contributed by atoms with Crippen LogP contribution < -0.4 is 9.50 Å². The molecule has 0 aromatic heterocycles. The smallest absolute Gasteiger partial charge is 0.407 e. The van der Waals surface area contributed by atoms with Crippen LogP contribution in [0.1, 0.15) is 48.9 Å². The van der Waals surface area contributed by atoms with Gasteiger partial charge in [-0.25, -0.2) is 4.79 Å². The van der Waals surface area contributed by atoms with E-state index in [4.69, 9.17) is 13.7 Å². The van der Waals surface area contributed by atoms with Gasteiger partial charge in [-0.15, -0.1) is 0 Å². The van der Waals surface area contributed by atoms with Gasteiger partial charge in [0.15, 0.2) is 0 Å². The number of nitrogens with one attached hydrogen (secondary N) is 1. The van der Waals surface area contributed by atoms with Gasteiger partial charge in [-0.05, 0) is 53.8 Å². The lowest BCUT2D eigenvalue weighted by molar-refractivity contribution is -0.147. The van der Waals surface area contributed by atoms with Crippen LogP contribution >= 0.6 is 0 Å². The Morgan fingerprint density at radius 3 is 2.00 bits per heavy atom. The molecule has 4 rings (SSSR count). The maximum absolute atomic E-state index is 12.9. The van der Waals surface area contributed by atoms with Crippen molar-refractivity contribution in [1.29, 1.82) is 0 Å². The summed E-state index contributed by atoms with van der Waals surface area (Å²) in [4.78, 5) is 25.3. The molecule has 0 fully saturated rings. The number of amides is 1. The zero-order valence-electron chi connectivity index (χ0n) is 20.8. The van der Waals surface area contributed by atoms with Gasteiger partial charge in [-0.3, -0.25) is 4.79 Å². The largest absolute Gasteiger partial charge is 0.463 e. The quantitative estimate of drug-likeness (QED) is 0.312. The molecule has 1 atom stereocenters. The first-order chi connectivity index (χ1) is 17.6. The highest BCUT2D eigenvalue weighted by molar-refractivity contribution is 7.86. The number of fused-ring (bicyclic) bond motifs is 3. The molecular weight excluding hydrogens is 494 g/mol. The molecule has 0 radical (unpaired) electrons. The molecule has 0 saturated carbocycles. The lowest BCUT2D eigenvalue weighted by atomic mass is 9.98. The van der Waals surface area contributed by atoms with E-state index in [0.717, 1.165) is 28.5 Å². The Kier molecular flexibility index (Phi) is 7.83. The normalized spacial score (nSPS) is 13.4. The van der Waals surface area contributed by atoms with Crippen LogP contribution in [0.25, 0.3) is 11.1 Å². The van der Waals surface area contributed by atoms with E-state index in [0.29, 0.717) is 5.56 Å². The van der Waals surface area contributed by atoms with E-state index in [-0.39, 0.29) is 30.8 Å². The third-order valence-corrected chi connectivity index (χ3v) is 6.40. The molecule has 9 heteroatoms. The van der Waals surface area contributed by atoms with Crippen molar-refractivity contribution < 1.29 is 31.7 Å². The van der Waals surface area contributed by atoms with Gasteiger partial charge >= 0.3 is 22.2 Å². The lowest BCUT2D eigenvalue weighted by Gasteiger charge is -2.21. The number of carbonyl (C=O) groups excluding carboxylic acids is 2. The average Bonchev–Trinajstić information content (AvgIpc) is 3.15. The van der Waals surface area contributed by atoms with Crippen molar-refractivity contribution >= 4 is 22.2 Å². The van der Waals surface area contributed by atoms with Crippen LogP contribution in [0.2, 0.25) is 0 Å². The zero-order chi connectivity index (χ0) is 26.6. The highest BCUT2D eigenvalue weighted by atomic mass is 32.2. The molecular formula is C28H29NO7S. The molecule has 0 spiro atoms. The highest BCUT2D eigenvalue weighted by Crippen LogP contribution is 2.44. The van der Waals surface area contributed by atoms with Gasteiger partial charge in [0, 0.05) is 5.92 Å². The predicted octanol–water partition coefficient (Wildman–Crippen LogP) is 4.95. The predicted molar refractivity (Wildman–Crippen MR) is 139 cm³/mol. The van der Waals surface area contributed by atoms with Crippen LogP contribution in [0.15, 0.2) is 72.8 Å². The van der Waals surface area contributed by atoms with Crippen molar-refractivity contribution in [3.8, 4) is 16.9 Å². The Bertz CT molecular complexity index is 1340. The third-order valence-electron chi connectivity index (χ3n) is 5.90. The number of carbonyl (C=O) groups is 2. The first-order valence-corrected chi connectivity index (χ1v) is 13.7. The van der Waals surface area contributed by atoms with E-state index in [1.165, 1.54) is 12.1 Å². The minimum absolute atomic E-state index is 0.102. The molecule has 0 aliphatic heterocycles. The van der Waals surface area contributed by atoms with Crippen molar-refractivity contribution in [2.75, 3.05) is 12.9 Å². The Morgan fingerprint density at radius 1 is 0.892 bits per heavy atom. The Labute approximate surface area is 216 Å². The maximum Gasteiger partial charge on any atom is 0.407 e. The van der Waals surface area contributed by atoms with Gasteiger partial charge in [0.2, 0.25) is 0 Å². The SMILES string of the molecule is CC(C)OC(=O)CC(NC(=O)OCC1c2ccccc2-c2ccccc21)c1ccc(OS(C)(=O)=O)cc1. The van der Waals surface area contributed by atoms with Crippen molar-refractivity contribution in [3.63, 3.8) is 0 Å². The monoisotopic (exact) mass is 523 g/mol. The second-order valence-electron chi connectivity index (χ2n) is 9.12. The van der Waals surface area contributed by atoms with E-state index < -0.39 is 28.2 Å². The molecule has 8 nitrogen and oxygen atoms in total. The number of rotatable bonds is 9. The summed E-state index contributed by atoms with van der Waals surface area (Å²) in [6.07, 6.45) is -0.173.